The van der Waals surface area contributed by atoms with Gasteiger partial charge in [-0.05, 0) is 67.8 Å². The second-order valence-corrected chi connectivity index (χ2v) is 8.36. The minimum atomic E-state index is -0.294. The average Bonchev–Trinajstić information content (AvgIpc) is 3.17. The molecule has 0 unspecified atom stereocenters. The molecule has 1 aliphatic carbocycles. The Hall–Kier alpha value is -3.32. The van der Waals surface area contributed by atoms with Crippen molar-refractivity contribution in [3.63, 3.8) is 0 Å². The average molecular weight is 453 g/mol. The lowest BCUT2D eigenvalue weighted by molar-refractivity contribution is 0.102. The summed E-state index contributed by atoms with van der Waals surface area (Å²) in [5, 5.41) is 21.2. The molecule has 1 saturated carbocycles. The third kappa shape index (κ3) is 4.62. The quantitative estimate of drug-likeness (QED) is 0.436. The number of aromatic hydroxyl groups is 1. The fraction of sp³-hybridized carbons (Fsp3) is 0.292. The Bertz CT molecular complexity index is 1140. The highest BCUT2D eigenvalue weighted by molar-refractivity contribution is 6.30. The Morgan fingerprint density at radius 3 is 2.56 bits per heavy atom. The summed E-state index contributed by atoms with van der Waals surface area (Å²) in [5.41, 5.74) is 2.75. The summed E-state index contributed by atoms with van der Waals surface area (Å²) in [7, 11) is 0. The minimum Gasteiger partial charge on any atom is -0.507 e. The fourth-order valence-corrected chi connectivity index (χ4v) is 3.74. The molecular formula is C24H25ClN4O3. The molecule has 1 aromatic heterocycles. The van der Waals surface area contributed by atoms with E-state index in [9.17, 15) is 14.7 Å². The third-order valence-corrected chi connectivity index (χ3v) is 5.87. The van der Waals surface area contributed by atoms with Crippen molar-refractivity contribution in [3.05, 3.63) is 64.8 Å². The molecule has 2 aromatic carbocycles. The number of nitrogens with one attached hydrogen (secondary N) is 2. The maximum Gasteiger partial charge on any atom is 0.342 e. The van der Waals surface area contributed by atoms with Crippen molar-refractivity contribution in [2.75, 3.05) is 11.9 Å². The SMILES string of the molecule is CCCNC(=O)n1nc(-c2cc(NC(=O)c3ccc(Cl)cc3)ccc2O)cc1C1CCC1. The number of aromatic nitrogens is 2. The van der Waals surface area contributed by atoms with Crippen LogP contribution in [0.15, 0.2) is 48.5 Å². The molecule has 1 aliphatic rings. The Morgan fingerprint density at radius 1 is 1.16 bits per heavy atom. The first-order valence-corrected chi connectivity index (χ1v) is 11.1. The topological polar surface area (TPSA) is 96.3 Å². The number of halogens is 1. The molecule has 166 valence electrons. The normalized spacial score (nSPS) is 13.4. The van der Waals surface area contributed by atoms with Crippen molar-refractivity contribution in [2.45, 2.75) is 38.5 Å². The number of anilines is 1. The van der Waals surface area contributed by atoms with E-state index in [0.717, 1.165) is 31.4 Å². The van der Waals surface area contributed by atoms with Gasteiger partial charge in [-0.15, -0.1) is 0 Å². The summed E-state index contributed by atoms with van der Waals surface area (Å²) in [5.74, 6) is 0.00441. The Kier molecular flexibility index (Phi) is 6.46. The molecule has 0 aliphatic heterocycles. The summed E-state index contributed by atoms with van der Waals surface area (Å²) in [6.45, 7) is 2.55. The molecule has 0 radical (unpaired) electrons. The van der Waals surface area contributed by atoms with Crippen LogP contribution < -0.4 is 10.6 Å². The number of nitrogens with zero attached hydrogens (tertiary/aromatic N) is 2. The summed E-state index contributed by atoms with van der Waals surface area (Å²) >= 11 is 5.89. The summed E-state index contributed by atoms with van der Waals surface area (Å²) in [6.07, 6.45) is 3.97. The van der Waals surface area contributed by atoms with Crippen LogP contribution >= 0.6 is 11.6 Å². The largest absolute Gasteiger partial charge is 0.507 e. The van der Waals surface area contributed by atoms with Crippen LogP contribution in [0, 0.1) is 0 Å². The van der Waals surface area contributed by atoms with Gasteiger partial charge in [-0.25, -0.2) is 4.79 Å². The van der Waals surface area contributed by atoms with E-state index in [4.69, 9.17) is 11.6 Å². The number of amides is 2. The van der Waals surface area contributed by atoms with Crippen LogP contribution in [0.5, 0.6) is 5.75 Å². The lowest BCUT2D eigenvalue weighted by Gasteiger charge is -2.25. The first kappa shape index (κ1) is 21.9. The third-order valence-electron chi connectivity index (χ3n) is 5.62. The van der Waals surface area contributed by atoms with Crippen LogP contribution in [-0.2, 0) is 0 Å². The number of hydrogen-bond acceptors (Lipinski definition) is 4. The zero-order valence-electron chi connectivity index (χ0n) is 17.8. The van der Waals surface area contributed by atoms with Gasteiger partial charge in [0.05, 0.1) is 11.4 Å². The van der Waals surface area contributed by atoms with Gasteiger partial charge in [0.1, 0.15) is 5.75 Å². The van der Waals surface area contributed by atoms with E-state index in [0.29, 0.717) is 34.1 Å². The molecule has 7 nitrogen and oxygen atoms in total. The highest BCUT2D eigenvalue weighted by atomic mass is 35.5. The molecule has 0 spiro atoms. The first-order chi connectivity index (χ1) is 15.5. The monoisotopic (exact) mass is 452 g/mol. The number of phenolic OH excluding ortho intramolecular Hbond substituents is 1. The van der Waals surface area contributed by atoms with Crippen LogP contribution in [0.1, 0.15) is 54.6 Å². The minimum absolute atomic E-state index is 0.0215. The lowest BCUT2D eigenvalue weighted by Crippen LogP contribution is -2.32. The molecule has 0 atom stereocenters. The second kappa shape index (κ2) is 9.44. The van der Waals surface area contributed by atoms with Gasteiger partial charge in [0.15, 0.2) is 0 Å². The van der Waals surface area contributed by atoms with Crippen molar-refractivity contribution >= 4 is 29.2 Å². The molecule has 3 N–H and O–H groups in total. The van der Waals surface area contributed by atoms with Gasteiger partial charge >= 0.3 is 6.03 Å². The lowest BCUT2D eigenvalue weighted by atomic mass is 9.82. The van der Waals surface area contributed by atoms with Crippen LogP contribution in [0.2, 0.25) is 5.02 Å². The zero-order chi connectivity index (χ0) is 22.7. The highest BCUT2D eigenvalue weighted by Gasteiger charge is 2.27. The van der Waals surface area contributed by atoms with Gasteiger partial charge in [-0.1, -0.05) is 24.9 Å². The van der Waals surface area contributed by atoms with E-state index in [1.54, 1.807) is 36.4 Å². The van der Waals surface area contributed by atoms with E-state index in [1.165, 1.54) is 10.7 Å². The number of phenols is 1. The zero-order valence-corrected chi connectivity index (χ0v) is 18.5. The molecule has 0 bridgehead atoms. The standard InChI is InChI=1S/C24H25ClN4O3/c1-2-12-26-24(32)29-21(15-4-3-5-15)14-20(28-29)19-13-18(10-11-22(19)30)27-23(31)16-6-8-17(25)9-7-16/h6-11,13-15,30H,2-5,12H2,1H3,(H,26,32)(H,27,31). The van der Waals surface area contributed by atoms with E-state index in [2.05, 4.69) is 15.7 Å². The number of rotatable bonds is 6. The van der Waals surface area contributed by atoms with Crippen LogP contribution in [0.4, 0.5) is 10.5 Å². The number of carbonyl (C=O) groups is 2. The molecule has 3 aromatic rings. The summed E-state index contributed by atoms with van der Waals surface area (Å²) in [4.78, 5) is 25.2. The Morgan fingerprint density at radius 2 is 1.91 bits per heavy atom. The molecule has 0 saturated heterocycles. The van der Waals surface area contributed by atoms with Crippen molar-refractivity contribution < 1.29 is 14.7 Å². The van der Waals surface area contributed by atoms with Gasteiger partial charge in [-0.2, -0.15) is 9.78 Å². The van der Waals surface area contributed by atoms with Gasteiger partial charge in [0.25, 0.3) is 5.91 Å². The van der Waals surface area contributed by atoms with E-state index in [1.807, 2.05) is 13.0 Å². The van der Waals surface area contributed by atoms with E-state index < -0.39 is 0 Å². The maximum absolute atomic E-state index is 12.7. The summed E-state index contributed by atoms with van der Waals surface area (Å²) < 4.78 is 1.41. The smallest absolute Gasteiger partial charge is 0.342 e. The molecule has 4 rings (SSSR count). The predicted molar refractivity (Wildman–Crippen MR) is 124 cm³/mol. The highest BCUT2D eigenvalue weighted by Crippen LogP contribution is 2.39. The van der Waals surface area contributed by atoms with Gasteiger partial charge in [0, 0.05) is 34.3 Å². The predicted octanol–water partition coefficient (Wildman–Crippen LogP) is 5.40. The van der Waals surface area contributed by atoms with Crippen molar-refractivity contribution in [2.24, 2.45) is 0 Å². The number of carbonyl (C=O) groups excluding carboxylic acids is 2. The Balaban J connectivity index is 1.63. The van der Waals surface area contributed by atoms with E-state index >= 15 is 0 Å². The first-order valence-electron chi connectivity index (χ1n) is 10.7. The van der Waals surface area contributed by atoms with Crippen LogP contribution in [-0.4, -0.2) is 33.4 Å². The van der Waals surface area contributed by atoms with Gasteiger partial charge in [-0.3, -0.25) is 4.79 Å². The Labute approximate surface area is 191 Å². The molecule has 32 heavy (non-hydrogen) atoms. The molecular weight excluding hydrogens is 428 g/mol. The number of hydrogen-bond donors (Lipinski definition) is 3. The van der Waals surface area contributed by atoms with Crippen LogP contribution in [0.3, 0.4) is 0 Å². The van der Waals surface area contributed by atoms with Gasteiger partial charge < -0.3 is 15.7 Å². The van der Waals surface area contributed by atoms with Crippen molar-refractivity contribution in [3.8, 4) is 17.0 Å². The van der Waals surface area contributed by atoms with Crippen molar-refractivity contribution in [1.82, 2.24) is 15.1 Å². The van der Waals surface area contributed by atoms with Crippen molar-refractivity contribution in [1.29, 1.82) is 0 Å². The molecule has 1 fully saturated rings. The molecule has 1 heterocycles. The maximum atomic E-state index is 12.7. The molecule has 2 amide bonds. The number of benzene rings is 2. The second-order valence-electron chi connectivity index (χ2n) is 7.92. The fourth-order valence-electron chi connectivity index (χ4n) is 3.61. The van der Waals surface area contributed by atoms with E-state index in [-0.39, 0.29) is 23.6 Å². The van der Waals surface area contributed by atoms with Gasteiger partial charge in [0.2, 0.25) is 0 Å². The van der Waals surface area contributed by atoms with Crippen LogP contribution in [0.25, 0.3) is 11.3 Å². The molecule has 8 heteroatoms. The summed E-state index contributed by atoms with van der Waals surface area (Å²) in [6, 6.07) is 12.9.